The van der Waals surface area contributed by atoms with Gasteiger partial charge in [0.15, 0.2) is 0 Å². The van der Waals surface area contributed by atoms with Crippen LogP contribution < -0.4 is 0 Å². The molecule has 5 nitrogen and oxygen atoms in total. The van der Waals surface area contributed by atoms with Crippen LogP contribution in [-0.2, 0) is 16.0 Å². The molecule has 0 saturated heterocycles. The molecule has 0 atom stereocenters. The molecule has 0 heterocycles. The Bertz CT molecular complexity index is 395. The molecular weight excluding hydrogens is 222 g/mol. The average Bonchev–Trinajstić information content (AvgIpc) is 2.27. The Morgan fingerprint density at radius 3 is 2.29 bits per heavy atom. The summed E-state index contributed by atoms with van der Waals surface area (Å²) in [6.07, 6.45) is 2.03. The molecule has 0 aromatic heterocycles. The van der Waals surface area contributed by atoms with Crippen molar-refractivity contribution in [2.45, 2.75) is 26.7 Å². The zero-order chi connectivity index (χ0) is 13.3. The van der Waals surface area contributed by atoms with E-state index in [-0.39, 0.29) is 16.8 Å². The van der Waals surface area contributed by atoms with Crippen molar-refractivity contribution in [2.24, 2.45) is 5.92 Å². The Kier molecular flexibility index (Phi) is 7.22. The minimum Gasteiger partial charge on any atom is -0.258 e. The smallest absolute Gasteiger partial charge is 0.258 e. The molecule has 0 radical (unpaired) electrons. The van der Waals surface area contributed by atoms with Gasteiger partial charge in [0, 0.05) is 11.6 Å². The molecule has 0 saturated carbocycles. The first-order valence-electron chi connectivity index (χ1n) is 5.24. The Hall–Kier alpha value is -2.00. The Morgan fingerprint density at radius 1 is 1.29 bits per heavy atom. The number of rotatable bonds is 4. The van der Waals surface area contributed by atoms with Gasteiger partial charge in [-0.25, -0.2) is 0 Å². The maximum absolute atomic E-state index is 10.7. The fraction of sp³-hybridized carbons (Fsp3) is 0.417. The van der Waals surface area contributed by atoms with Crippen molar-refractivity contribution < 1.29 is 14.5 Å². The summed E-state index contributed by atoms with van der Waals surface area (Å²) in [4.78, 5) is 26.6. The molecule has 1 aromatic carbocycles. The van der Waals surface area contributed by atoms with Crippen LogP contribution >= 0.6 is 0 Å². The number of para-hydroxylation sites is 1. The molecule has 5 heteroatoms. The molecule has 0 N–H and O–H groups in total. The first-order valence-corrected chi connectivity index (χ1v) is 5.24. The molecule has 0 unspecified atom stereocenters. The summed E-state index contributed by atoms with van der Waals surface area (Å²) in [5.41, 5.74) is 1.08. The van der Waals surface area contributed by atoms with Crippen LogP contribution in [0.15, 0.2) is 24.3 Å². The number of nitro groups is 1. The highest BCUT2D eigenvalue weighted by Crippen LogP contribution is 2.20. The van der Waals surface area contributed by atoms with Gasteiger partial charge in [-0.3, -0.25) is 10.1 Å². The summed E-state index contributed by atoms with van der Waals surface area (Å²) >= 11 is 0. The lowest BCUT2D eigenvalue weighted by molar-refractivity contribution is -0.385. The average molecular weight is 237 g/mol. The molecule has 0 bridgehead atoms. The molecule has 1 aromatic rings. The van der Waals surface area contributed by atoms with Gasteiger partial charge in [-0.2, -0.15) is 9.59 Å². The van der Waals surface area contributed by atoms with Gasteiger partial charge in [0.25, 0.3) is 5.69 Å². The summed E-state index contributed by atoms with van der Waals surface area (Å²) in [6.45, 7) is 4.24. The van der Waals surface area contributed by atoms with E-state index in [9.17, 15) is 10.1 Å². The predicted molar refractivity (Wildman–Crippen MR) is 61.3 cm³/mol. The maximum atomic E-state index is 10.7. The van der Waals surface area contributed by atoms with Crippen molar-refractivity contribution in [2.75, 3.05) is 0 Å². The van der Waals surface area contributed by atoms with Crippen molar-refractivity contribution >= 4 is 11.8 Å². The van der Waals surface area contributed by atoms with Crippen molar-refractivity contribution in [1.29, 1.82) is 0 Å². The normalized spacial score (nSPS) is 9.12. The van der Waals surface area contributed by atoms with Gasteiger partial charge in [0.1, 0.15) is 0 Å². The SMILES string of the molecule is CC(C)CCc1ccccc1[N+](=O)[O-].O=C=O. The largest absolute Gasteiger partial charge is 0.373 e. The molecule has 17 heavy (non-hydrogen) atoms. The second kappa shape index (κ2) is 8.19. The highest BCUT2D eigenvalue weighted by molar-refractivity contribution is 5.39. The third-order valence-corrected chi connectivity index (χ3v) is 2.18. The van der Waals surface area contributed by atoms with Crippen LogP contribution in [0.3, 0.4) is 0 Å². The molecule has 0 spiro atoms. The van der Waals surface area contributed by atoms with Gasteiger partial charge in [-0.15, -0.1) is 0 Å². The topological polar surface area (TPSA) is 77.3 Å². The Labute approximate surface area is 99.6 Å². The molecule has 92 valence electrons. The second-order valence-electron chi connectivity index (χ2n) is 3.90. The van der Waals surface area contributed by atoms with Gasteiger partial charge in [-0.1, -0.05) is 32.0 Å². The predicted octanol–water partition coefficient (Wildman–Crippen LogP) is 2.60. The quantitative estimate of drug-likeness (QED) is 0.595. The van der Waals surface area contributed by atoms with Crippen molar-refractivity contribution in [3.05, 3.63) is 39.9 Å². The van der Waals surface area contributed by atoms with Gasteiger partial charge in [0.05, 0.1) is 4.92 Å². The van der Waals surface area contributed by atoms with Crippen LogP contribution in [0.25, 0.3) is 0 Å². The van der Waals surface area contributed by atoms with E-state index < -0.39 is 0 Å². The fourth-order valence-electron chi connectivity index (χ4n) is 1.34. The standard InChI is InChI=1S/C11H15NO2.CO2/c1-9(2)7-8-10-5-3-4-6-11(10)12(13)14;2-1-3/h3-6,9H,7-8H2,1-2H3;. The lowest BCUT2D eigenvalue weighted by Gasteiger charge is -2.04. The van der Waals surface area contributed by atoms with E-state index >= 15 is 0 Å². The van der Waals surface area contributed by atoms with Crippen LogP contribution in [0.5, 0.6) is 0 Å². The van der Waals surface area contributed by atoms with E-state index in [0.717, 1.165) is 18.4 Å². The lowest BCUT2D eigenvalue weighted by atomic mass is 10.0. The van der Waals surface area contributed by atoms with Crippen LogP contribution in [0.1, 0.15) is 25.8 Å². The van der Waals surface area contributed by atoms with E-state index in [0.29, 0.717) is 5.92 Å². The zero-order valence-corrected chi connectivity index (χ0v) is 9.88. The Balaban J connectivity index is 0.000000770. The van der Waals surface area contributed by atoms with Gasteiger partial charge < -0.3 is 0 Å². The monoisotopic (exact) mass is 237 g/mol. The van der Waals surface area contributed by atoms with Crippen molar-refractivity contribution in [3.8, 4) is 0 Å². The van der Waals surface area contributed by atoms with Gasteiger partial charge >= 0.3 is 6.15 Å². The minimum absolute atomic E-state index is 0.244. The molecular formula is C12H15NO4. The summed E-state index contributed by atoms with van der Waals surface area (Å²) in [5, 5.41) is 10.7. The number of aryl methyl sites for hydroxylation is 1. The molecule has 0 aliphatic heterocycles. The highest BCUT2D eigenvalue weighted by atomic mass is 16.6. The van der Waals surface area contributed by atoms with E-state index in [1.54, 1.807) is 12.1 Å². The molecule has 1 rings (SSSR count). The first kappa shape index (κ1) is 15.0. The lowest BCUT2D eigenvalue weighted by Crippen LogP contribution is -1.97. The second-order valence-corrected chi connectivity index (χ2v) is 3.90. The zero-order valence-electron chi connectivity index (χ0n) is 9.88. The van der Waals surface area contributed by atoms with Gasteiger partial charge in [0.2, 0.25) is 0 Å². The minimum atomic E-state index is -0.310. The van der Waals surface area contributed by atoms with E-state index in [1.165, 1.54) is 0 Å². The van der Waals surface area contributed by atoms with E-state index in [2.05, 4.69) is 13.8 Å². The first-order chi connectivity index (χ1) is 8.02. The molecule has 0 aliphatic carbocycles. The third kappa shape index (κ3) is 6.22. The maximum Gasteiger partial charge on any atom is 0.373 e. The number of carbonyl (C=O) groups excluding carboxylic acids is 2. The fourth-order valence-corrected chi connectivity index (χ4v) is 1.34. The molecule has 0 fully saturated rings. The number of nitrogens with zero attached hydrogens (tertiary/aromatic N) is 1. The van der Waals surface area contributed by atoms with Crippen LogP contribution in [0.4, 0.5) is 5.69 Å². The molecule has 0 amide bonds. The van der Waals surface area contributed by atoms with Gasteiger partial charge in [-0.05, 0) is 18.8 Å². The number of nitro benzene ring substituents is 1. The summed E-state index contributed by atoms with van der Waals surface area (Å²) < 4.78 is 0. The number of hydrogen-bond donors (Lipinski definition) is 0. The van der Waals surface area contributed by atoms with Crippen LogP contribution in [0.2, 0.25) is 0 Å². The van der Waals surface area contributed by atoms with Crippen LogP contribution in [0, 0.1) is 16.0 Å². The van der Waals surface area contributed by atoms with Crippen molar-refractivity contribution in [3.63, 3.8) is 0 Å². The third-order valence-electron chi connectivity index (χ3n) is 2.18. The number of hydrogen-bond acceptors (Lipinski definition) is 4. The summed E-state index contributed by atoms with van der Waals surface area (Å²) in [5.74, 6) is 0.579. The van der Waals surface area contributed by atoms with Crippen LogP contribution in [-0.4, -0.2) is 11.1 Å². The van der Waals surface area contributed by atoms with E-state index in [1.807, 2.05) is 12.1 Å². The Morgan fingerprint density at radius 2 is 1.82 bits per heavy atom. The number of benzene rings is 1. The van der Waals surface area contributed by atoms with Crippen molar-refractivity contribution in [1.82, 2.24) is 0 Å². The highest BCUT2D eigenvalue weighted by Gasteiger charge is 2.11. The van der Waals surface area contributed by atoms with E-state index in [4.69, 9.17) is 9.59 Å². The summed E-state index contributed by atoms with van der Waals surface area (Å²) in [6, 6.07) is 6.95. The summed E-state index contributed by atoms with van der Waals surface area (Å²) in [7, 11) is 0. The molecule has 0 aliphatic rings.